The molecule has 0 spiro atoms. The minimum Gasteiger partial charge on any atom is -0.497 e. The first kappa shape index (κ1) is 19.8. The summed E-state index contributed by atoms with van der Waals surface area (Å²) in [7, 11) is 4.84. The van der Waals surface area contributed by atoms with E-state index < -0.39 is 0 Å². The van der Waals surface area contributed by atoms with Gasteiger partial charge in [-0.1, -0.05) is 0 Å². The zero-order valence-electron chi connectivity index (χ0n) is 15.1. The lowest BCUT2D eigenvalue weighted by Gasteiger charge is -2.22. The topological polar surface area (TPSA) is 71.1 Å². The van der Waals surface area contributed by atoms with Crippen molar-refractivity contribution in [3.05, 3.63) is 18.2 Å². The van der Waals surface area contributed by atoms with E-state index in [-0.39, 0.29) is 24.9 Å². The highest BCUT2D eigenvalue weighted by atomic mass is 16.5. The van der Waals surface area contributed by atoms with Crippen LogP contribution in [0.3, 0.4) is 0 Å². The number of rotatable bonds is 9. The first-order valence-electron chi connectivity index (χ1n) is 7.92. The Hall–Kier alpha value is -2.28. The van der Waals surface area contributed by atoms with E-state index in [1.165, 1.54) is 0 Å². The Bertz CT molecular complexity index is 537. The lowest BCUT2D eigenvalue weighted by Crippen LogP contribution is -2.41. The van der Waals surface area contributed by atoms with Crippen LogP contribution < -0.4 is 14.8 Å². The summed E-state index contributed by atoms with van der Waals surface area (Å²) >= 11 is 0. The van der Waals surface area contributed by atoms with Crippen LogP contribution >= 0.6 is 0 Å². The molecule has 7 heteroatoms. The maximum Gasteiger partial charge on any atom is 0.238 e. The van der Waals surface area contributed by atoms with Gasteiger partial charge < -0.3 is 19.7 Å². The van der Waals surface area contributed by atoms with E-state index in [0.717, 1.165) is 0 Å². The number of hydrogen-bond donors (Lipinski definition) is 1. The molecule has 0 atom stereocenters. The summed E-state index contributed by atoms with van der Waals surface area (Å²) in [5.41, 5.74) is 0.583. The van der Waals surface area contributed by atoms with Crippen molar-refractivity contribution in [2.45, 2.75) is 13.8 Å². The SMILES string of the molecule is CCN(CC)C(=O)CN(C)CC(=O)Nc1cc(OC)cc(OC)c1. The van der Waals surface area contributed by atoms with E-state index in [0.29, 0.717) is 30.3 Å². The van der Waals surface area contributed by atoms with Crippen LogP contribution in [0.5, 0.6) is 11.5 Å². The van der Waals surface area contributed by atoms with Crippen LogP contribution in [-0.4, -0.2) is 69.1 Å². The zero-order chi connectivity index (χ0) is 18.1. The van der Waals surface area contributed by atoms with Crippen LogP contribution in [0.4, 0.5) is 5.69 Å². The Kier molecular flexibility index (Phi) is 8.05. The summed E-state index contributed by atoms with van der Waals surface area (Å²) in [6.45, 7) is 5.52. The number of amides is 2. The highest BCUT2D eigenvalue weighted by molar-refractivity contribution is 5.93. The maximum absolute atomic E-state index is 12.2. The van der Waals surface area contributed by atoms with E-state index in [9.17, 15) is 9.59 Å². The molecule has 0 aliphatic heterocycles. The molecule has 1 aromatic carbocycles. The number of hydrogen-bond acceptors (Lipinski definition) is 5. The molecule has 0 bridgehead atoms. The van der Waals surface area contributed by atoms with E-state index in [1.54, 1.807) is 49.3 Å². The number of carbonyl (C=O) groups is 2. The highest BCUT2D eigenvalue weighted by Gasteiger charge is 2.15. The molecule has 0 heterocycles. The molecule has 7 nitrogen and oxygen atoms in total. The third-order valence-corrected chi connectivity index (χ3v) is 3.57. The van der Waals surface area contributed by atoms with Crippen molar-refractivity contribution < 1.29 is 19.1 Å². The highest BCUT2D eigenvalue weighted by Crippen LogP contribution is 2.25. The van der Waals surface area contributed by atoms with Gasteiger partial charge in [-0.25, -0.2) is 0 Å². The van der Waals surface area contributed by atoms with Gasteiger partial charge in [0.1, 0.15) is 11.5 Å². The first-order chi connectivity index (χ1) is 11.4. The molecule has 1 N–H and O–H groups in total. The van der Waals surface area contributed by atoms with Crippen molar-refractivity contribution in [2.75, 3.05) is 52.8 Å². The van der Waals surface area contributed by atoms with Crippen LogP contribution in [-0.2, 0) is 9.59 Å². The first-order valence-corrected chi connectivity index (χ1v) is 7.92. The van der Waals surface area contributed by atoms with Gasteiger partial charge in [-0.15, -0.1) is 0 Å². The molecule has 1 aromatic rings. The van der Waals surface area contributed by atoms with Gasteiger partial charge in [-0.3, -0.25) is 14.5 Å². The zero-order valence-corrected chi connectivity index (χ0v) is 15.1. The van der Waals surface area contributed by atoms with Crippen LogP contribution in [0.15, 0.2) is 18.2 Å². The van der Waals surface area contributed by atoms with Crippen LogP contribution in [0.25, 0.3) is 0 Å². The van der Waals surface area contributed by atoms with Crippen molar-refractivity contribution >= 4 is 17.5 Å². The van der Waals surface area contributed by atoms with E-state index >= 15 is 0 Å². The molecule has 2 amide bonds. The second-order valence-electron chi connectivity index (χ2n) is 5.39. The quantitative estimate of drug-likeness (QED) is 0.738. The minimum atomic E-state index is -0.208. The van der Waals surface area contributed by atoms with Crippen LogP contribution in [0, 0.1) is 0 Å². The predicted molar refractivity (Wildman–Crippen MR) is 93.6 cm³/mol. The monoisotopic (exact) mass is 337 g/mol. The Morgan fingerprint density at radius 1 is 1.00 bits per heavy atom. The van der Waals surface area contributed by atoms with Gasteiger partial charge in [0.05, 0.1) is 27.3 Å². The molecular weight excluding hydrogens is 310 g/mol. The Morgan fingerprint density at radius 2 is 1.54 bits per heavy atom. The average Bonchev–Trinajstić information content (AvgIpc) is 2.54. The van der Waals surface area contributed by atoms with Crippen molar-refractivity contribution in [1.82, 2.24) is 9.80 Å². The number of benzene rings is 1. The van der Waals surface area contributed by atoms with Gasteiger partial charge in [0.2, 0.25) is 11.8 Å². The smallest absolute Gasteiger partial charge is 0.238 e. The molecular formula is C17H27N3O4. The van der Waals surface area contributed by atoms with Crippen LogP contribution in [0.1, 0.15) is 13.8 Å². The average molecular weight is 337 g/mol. The lowest BCUT2D eigenvalue weighted by molar-refractivity contribution is -0.132. The van der Waals surface area contributed by atoms with Gasteiger partial charge in [0.15, 0.2) is 0 Å². The number of anilines is 1. The van der Waals surface area contributed by atoms with E-state index in [2.05, 4.69) is 5.32 Å². The molecule has 0 radical (unpaired) electrons. The third-order valence-electron chi connectivity index (χ3n) is 3.57. The molecule has 0 unspecified atom stereocenters. The summed E-state index contributed by atoms with van der Waals surface area (Å²) in [4.78, 5) is 27.6. The number of likely N-dealkylation sites (N-methyl/N-ethyl adjacent to an activating group) is 2. The fraction of sp³-hybridized carbons (Fsp3) is 0.529. The molecule has 0 saturated carbocycles. The second kappa shape index (κ2) is 9.77. The Labute approximate surface area is 143 Å². The summed E-state index contributed by atoms with van der Waals surface area (Å²) < 4.78 is 10.3. The number of nitrogens with zero attached hydrogens (tertiary/aromatic N) is 2. The summed E-state index contributed by atoms with van der Waals surface area (Å²) in [5.74, 6) is 0.989. The molecule has 0 fully saturated rings. The van der Waals surface area contributed by atoms with Gasteiger partial charge >= 0.3 is 0 Å². The van der Waals surface area contributed by atoms with Gasteiger partial charge in [0.25, 0.3) is 0 Å². The number of ether oxygens (including phenoxy) is 2. The summed E-state index contributed by atoms with van der Waals surface area (Å²) in [6, 6.07) is 5.15. The molecule has 0 aliphatic rings. The Balaban J connectivity index is 2.61. The standard InChI is InChI=1S/C17H27N3O4/c1-6-20(7-2)17(22)12-19(3)11-16(21)18-13-8-14(23-4)10-15(9-13)24-5/h8-10H,6-7,11-12H2,1-5H3,(H,18,21). The van der Waals surface area contributed by atoms with E-state index in [1.807, 2.05) is 13.8 Å². The van der Waals surface area contributed by atoms with Crippen molar-refractivity contribution in [1.29, 1.82) is 0 Å². The summed E-state index contributed by atoms with van der Waals surface area (Å²) in [5, 5.41) is 2.79. The van der Waals surface area contributed by atoms with Crippen molar-refractivity contribution in [2.24, 2.45) is 0 Å². The molecule has 0 aromatic heterocycles. The summed E-state index contributed by atoms with van der Waals surface area (Å²) in [6.07, 6.45) is 0. The fourth-order valence-electron chi connectivity index (χ4n) is 2.29. The fourth-order valence-corrected chi connectivity index (χ4v) is 2.29. The Morgan fingerprint density at radius 3 is 2.00 bits per heavy atom. The second-order valence-corrected chi connectivity index (χ2v) is 5.39. The van der Waals surface area contributed by atoms with Crippen LogP contribution in [0.2, 0.25) is 0 Å². The molecule has 0 saturated heterocycles. The van der Waals surface area contributed by atoms with Gasteiger partial charge in [-0.2, -0.15) is 0 Å². The third kappa shape index (κ3) is 6.08. The molecule has 1 rings (SSSR count). The predicted octanol–water partition coefficient (Wildman–Crippen LogP) is 1.44. The van der Waals surface area contributed by atoms with Gasteiger partial charge in [-0.05, 0) is 20.9 Å². The maximum atomic E-state index is 12.2. The van der Waals surface area contributed by atoms with Crippen molar-refractivity contribution in [3.63, 3.8) is 0 Å². The number of nitrogens with one attached hydrogen (secondary N) is 1. The lowest BCUT2D eigenvalue weighted by atomic mass is 10.2. The van der Waals surface area contributed by atoms with E-state index in [4.69, 9.17) is 9.47 Å². The van der Waals surface area contributed by atoms with Crippen molar-refractivity contribution in [3.8, 4) is 11.5 Å². The molecule has 134 valence electrons. The number of methoxy groups -OCH3 is 2. The molecule has 24 heavy (non-hydrogen) atoms. The normalized spacial score (nSPS) is 10.4. The van der Waals surface area contributed by atoms with Gasteiger partial charge in [0, 0.05) is 37.0 Å². The molecule has 0 aliphatic carbocycles. The number of carbonyl (C=O) groups excluding carboxylic acids is 2. The largest absolute Gasteiger partial charge is 0.497 e. The minimum absolute atomic E-state index is 0.0124.